The van der Waals surface area contributed by atoms with Crippen molar-refractivity contribution in [2.24, 2.45) is 0 Å². The molecule has 1 unspecified atom stereocenters. The smallest absolute Gasteiger partial charge is 0.157 e. The topological polar surface area (TPSA) is 51.5 Å². The Morgan fingerprint density at radius 3 is 3.17 bits per heavy atom. The Morgan fingerprint density at radius 1 is 1.50 bits per heavy atom. The third kappa shape index (κ3) is 2.06. The summed E-state index contributed by atoms with van der Waals surface area (Å²) in [6.45, 7) is 5.88. The average Bonchev–Trinajstić information content (AvgIpc) is 2.95. The van der Waals surface area contributed by atoms with Crippen LogP contribution in [0.25, 0.3) is 5.65 Å². The van der Waals surface area contributed by atoms with Gasteiger partial charge in [-0.1, -0.05) is 0 Å². The summed E-state index contributed by atoms with van der Waals surface area (Å²) in [4.78, 5) is 4.22. The van der Waals surface area contributed by atoms with Crippen LogP contribution in [0.4, 0.5) is 5.82 Å². The summed E-state index contributed by atoms with van der Waals surface area (Å²) in [6, 6.07) is 4.10. The molecule has 0 aromatic carbocycles. The van der Waals surface area contributed by atoms with Crippen LogP contribution in [-0.4, -0.2) is 33.4 Å². The number of aromatic nitrogens is 3. The van der Waals surface area contributed by atoms with Gasteiger partial charge < -0.3 is 10.1 Å². The van der Waals surface area contributed by atoms with Gasteiger partial charge in [-0.15, -0.1) is 0 Å². The fourth-order valence-corrected chi connectivity index (χ4v) is 2.44. The fraction of sp³-hybridized carbons (Fsp3) is 0.538. The van der Waals surface area contributed by atoms with Crippen LogP contribution in [0.2, 0.25) is 0 Å². The van der Waals surface area contributed by atoms with Crippen molar-refractivity contribution in [1.82, 2.24) is 14.6 Å². The van der Waals surface area contributed by atoms with Gasteiger partial charge in [-0.25, -0.2) is 4.98 Å². The molecule has 3 heterocycles. The summed E-state index contributed by atoms with van der Waals surface area (Å²) in [5, 5.41) is 7.66. The molecule has 0 radical (unpaired) electrons. The second-order valence-corrected chi connectivity index (χ2v) is 5.20. The summed E-state index contributed by atoms with van der Waals surface area (Å²) < 4.78 is 7.60. The molecular weight excluding hydrogens is 228 g/mol. The summed E-state index contributed by atoms with van der Waals surface area (Å²) in [6.07, 6.45) is 3.82. The molecule has 18 heavy (non-hydrogen) atoms. The van der Waals surface area contributed by atoms with Gasteiger partial charge in [-0.3, -0.25) is 0 Å². The predicted octanol–water partition coefficient (Wildman–Crippen LogP) is 2.02. The van der Waals surface area contributed by atoms with Crippen LogP contribution in [0.15, 0.2) is 18.5 Å². The van der Waals surface area contributed by atoms with Crippen molar-refractivity contribution in [3.63, 3.8) is 0 Å². The molecule has 3 rings (SSSR count). The van der Waals surface area contributed by atoms with Gasteiger partial charge in [0.25, 0.3) is 0 Å². The normalized spacial score (nSPS) is 23.7. The lowest BCUT2D eigenvalue weighted by Gasteiger charge is -2.24. The lowest BCUT2D eigenvalue weighted by Crippen LogP contribution is -2.33. The number of anilines is 1. The number of aryl methyl sites for hydroxylation is 1. The average molecular weight is 246 g/mol. The van der Waals surface area contributed by atoms with Crippen LogP contribution >= 0.6 is 0 Å². The molecule has 2 aromatic heterocycles. The van der Waals surface area contributed by atoms with E-state index < -0.39 is 0 Å². The van der Waals surface area contributed by atoms with Crippen LogP contribution in [0.5, 0.6) is 0 Å². The van der Waals surface area contributed by atoms with Gasteiger partial charge in [-0.05, 0) is 44.4 Å². The maximum atomic E-state index is 5.78. The Morgan fingerprint density at radius 2 is 2.39 bits per heavy atom. The zero-order valence-electron chi connectivity index (χ0n) is 10.8. The SMILES string of the molecule is Cc1cc(NCC2(C)CCCO2)n2ncnc2c1. The Hall–Kier alpha value is -1.62. The van der Waals surface area contributed by atoms with Crippen molar-refractivity contribution in [1.29, 1.82) is 0 Å². The zero-order chi connectivity index (χ0) is 12.6. The van der Waals surface area contributed by atoms with E-state index in [9.17, 15) is 0 Å². The minimum absolute atomic E-state index is 0.0589. The molecule has 1 saturated heterocycles. The first-order valence-electron chi connectivity index (χ1n) is 6.35. The molecule has 0 spiro atoms. The fourth-order valence-electron chi connectivity index (χ4n) is 2.44. The molecule has 0 saturated carbocycles. The first-order chi connectivity index (χ1) is 8.66. The molecular formula is C13H18N4O. The standard InChI is InChI=1S/C13H18N4O/c1-10-6-11(17-12(7-10)15-9-16-17)14-8-13(2)4-3-5-18-13/h6-7,9,14H,3-5,8H2,1-2H3. The van der Waals surface area contributed by atoms with Crippen LogP contribution < -0.4 is 5.32 Å². The van der Waals surface area contributed by atoms with Crippen LogP contribution in [-0.2, 0) is 4.74 Å². The lowest BCUT2D eigenvalue weighted by atomic mass is 10.0. The van der Waals surface area contributed by atoms with E-state index >= 15 is 0 Å². The maximum Gasteiger partial charge on any atom is 0.157 e. The number of rotatable bonds is 3. The number of pyridine rings is 1. The van der Waals surface area contributed by atoms with Gasteiger partial charge >= 0.3 is 0 Å². The van der Waals surface area contributed by atoms with Crippen molar-refractivity contribution in [2.75, 3.05) is 18.5 Å². The Labute approximate surface area is 106 Å². The van der Waals surface area contributed by atoms with Crippen molar-refractivity contribution < 1.29 is 4.74 Å². The molecule has 1 fully saturated rings. The van der Waals surface area contributed by atoms with Crippen molar-refractivity contribution in [3.05, 3.63) is 24.0 Å². The van der Waals surface area contributed by atoms with Gasteiger partial charge in [0.2, 0.25) is 0 Å². The van der Waals surface area contributed by atoms with Gasteiger partial charge in [0.1, 0.15) is 12.1 Å². The summed E-state index contributed by atoms with van der Waals surface area (Å²) >= 11 is 0. The molecule has 0 amide bonds. The summed E-state index contributed by atoms with van der Waals surface area (Å²) in [5.41, 5.74) is 1.99. The highest BCUT2D eigenvalue weighted by Crippen LogP contribution is 2.25. The number of nitrogens with zero attached hydrogens (tertiary/aromatic N) is 3. The largest absolute Gasteiger partial charge is 0.373 e. The Balaban J connectivity index is 1.83. The third-order valence-electron chi connectivity index (χ3n) is 3.47. The first-order valence-corrected chi connectivity index (χ1v) is 6.35. The molecule has 1 atom stereocenters. The maximum absolute atomic E-state index is 5.78. The van der Waals surface area contributed by atoms with Crippen molar-refractivity contribution in [2.45, 2.75) is 32.3 Å². The lowest BCUT2D eigenvalue weighted by molar-refractivity contribution is 0.0314. The van der Waals surface area contributed by atoms with Gasteiger partial charge in [0.05, 0.1) is 5.60 Å². The van der Waals surface area contributed by atoms with E-state index in [2.05, 4.69) is 35.3 Å². The molecule has 1 aliphatic rings. The minimum Gasteiger partial charge on any atom is -0.373 e. The number of ether oxygens (including phenoxy) is 1. The molecule has 1 aliphatic heterocycles. The minimum atomic E-state index is -0.0589. The second kappa shape index (κ2) is 4.24. The van der Waals surface area contributed by atoms with Gasteiger partial charge in [-0.2, -0.15) is 9.61 Å². The number of hydrogen-bond acceptors (Lipinski definition) is 4. The van der Waals surface area contributed by atoms with E-state index in [1.165, 1.54) is 5.56 Å². The van der Waals surface area contributed by atoms with E-state index in [1.54, 1.807) is 6.33 Å². The highest BCUT2D eigenvalue weighted by molar-refractivity contribution is 5.51. The summed E-state index contributed by atoms with van der Waals surface area (Å²) in [5.74, 6) is 0.972. The van der Waals surface area contributed by atoms with E-state index in [-0.39, 0.29) is 5.60 Å². The molecule has 0 bridgehead atoms. The molecule has 2 aromatic rings. The van der Waals surface area contributed by atoms with Gasteiger partial charge in [0.15, 0.2) is 5.65 Å². The Kier molecular flexibility index (Phi) is 2.70. The number of nitrogens with one attached hydrogen (secondary N) is 1. The summed E-state index contributed by atoms with van der Waals surface area (Å²) in [7, 11) is 0. The molecule has 1 N–H and O–H groups in total. The van der Waals surface area contributed by atoms with Crippen LogP contribution in [0.1, 0.15) is 25.3 Å². The van der Waals surface area contributed by atoms with E-state index in [4.69, 9.17) is 4.74 Å². The van der Waals surface area contributed by atoms with Crippen LogP contribution in [0.3, 0.4) is 0 Å². The van der Waals surface area contributed by atoms with Gasteiger partial charge in [0, 0.05) is 13.2 Å². The van der Waals surface area contributed by atoms with E-state index in [0.29, 0.717) is 0 Å². The quantitative estimate of drug-likeness (QED) is 0.900. The monoisotopic (exact) mass is 246 g/mol. The molecule has 5 heteroatoms. The van der Waals surface area contributed by atoms with Crippen molar-refractivity contribution in [3.8, 4) is 0 Å². The number of hydrogen-bond donors (Lipinski definition) is 1. The molecule has 0 aliphatic carbocycles. The third-order valence-corrected chi connectivity index (χ3v) is 3.47. The molecule has 5 nitrogen and oxygen atoms in total. The predicted molar refractivity (Wildman–Crippen MR) is 69.8 cm³/mol. The zero-order valence-corrected chi connectivity index (χ0v) is 10.8. The van der Waals surface area contributed by atoms with E-state index in [0.717, 1.165) is 37.5 Å². The second-order valence-electron chi connectivity index (χ2n) is 5.20. The van der Waals surface area contributed by atoms with E-state index in [1.807, 2.05) is 10.6 Å². The Bertz CT molecular complexity index is 557. The molecule has 96 valence electrons. The van der Waals surface area contributed by atoms with Crippen molar-refractivity contribution >= 4 is 11.5 Å². The van der Waals surface area contributed by atoms with Crippen LogP contribution in [0, 0.1) is 6.92 Å². The number of fused-ring (bicyclic) bond motifs is 1. The first kappa shape index (κ1) is 11.5. The highest BCUT2D eigenvalue weighted by atomic mass is 16.5. The highest BCUT2D eigenvalue weighted by Gasteiger charge is 2.29.